The molecule has 0 aromatic rings. The van der Waals surface area contributed by atoms with Crippen LogP contribution in [-0.4, -0.2) is 27.5 Å². The second kappa shape index (κ2) is 36.0. The van der Waals surface area contributed by atoms with Gasteiger partial charge in [0.25, 0.3) is 0 Å². The molecule has 0 aromatic heterocycles. The maximum Gasteiger partial charge on any atom is 3.00 e. The standard InChI is InChI=1S/2Fe.3O3Si.2Zr/c;;3*1-4(2)3;;/q2*+3;3*-2;;. The molecule has 0 spiro atoms. The molecule has 16 heavy (non-hydrogen) atoms. The molecule has 9 nitrogen and oxygen atoms in total. The molecule has 0 heterocycles. The predicted molar refractivity (Wildman–Crippen MR) is 19.3 cm³/mol. The van der Waals surface area contributed by atoms with E-state index >= 15 is 0 Å². The molecule has 0 bridgehead atoms. The third-order valence-electron chi connectivity index (χ3n) is 0. The van der Waals surface area contributed by atoms with Gasteiger partial charge in [-0.25, -0.2) is 0 Å². The second-order valence-corrected chi connectivity index (χ2v) is 2.25. The van der Waals surface area contributed by atoms with Crippen LogP contribution in [0.1, 0.15) is 0 Å². The van der Waals surface area contributed by atoms with Crippen LogP contribution in [0.15, 0.2) is 0 Å². The fourth-order valence-electron chi connectivity index (χ4n) is 0. The summed E-state index contributed by atoms with van der Waals surface area (Å²) in [5.74, 6) is 0. The molecular weight excluding hydrogens is 522 g/mol. The fourth-order valence-corrected chi connectivity index (χ4v) is 0. The first-order valence-electron chi connectivity index (χ1n) is 1.84. The maximum atomic E-state index is 8.52. The Balaban J connectivity index is -0.0000000135. The minimum absolute atomic E-state index is 0. The van der Waals surface area contributed by atoms with Crippen LogP contribution in [0.4, 0.5) is 0 Å². The minimum Gasteiger partial charge on any atom is -0.672 e. The Kier molecular flexibility index (Phi) is 96.9. The summed E-state index contributed by atoms with van der Waals surface area (Å²) in [4.78, 5) is 51.1. The van der Waals surface area contributed by atoms with Crippen molar-refractivity contribution in [1.82, 2.24) is 0 Å². The molecule has 0 rings (SSSR count). The van der Waals surface area contributed by atoms with Crippen LogP contribution >= 0.6 is 0 Å². The van der Waals surface area contributed by atoms with Crippen LogP contribution < -0.4 is 28.8 Å². The quantitative estimate of drug-likeness (QED) is 0.278. The Morgan fingerprint density at radius 3 is 0.500 bits per heavy atom. The van der Waals surface area contributed by atoms with Crippen LogP contribution in [0.5, 0.6) is 0 Å². The van der Waals surface area contributed by atoms with Crippen molar-refractivity contribution in [1.29, 1.82) is 0 Å². The van der Waals surface area contributed by atoms with Crippen LogP contribution in [0.25, 0.3) is 0 Å². The summed E-state index contributed by atoms with van der Waals surface area (Å²) in [6, 6.07) is 0. The Hall–Kier alpha value is 1.66. The number of rotatable bonds is 0. The monoisotopic (exact) mass is 520 g/mol. The van der Waals surface area contributed by atoms with E-state index in [4.69, 9.17) is 42.2 Å². The molecule has 0 atom stereocenters. The van der Waals surface area contributed by atoms with Crippen LogP contribution in [0, 0.1) is 0 Å². The summed E-state index contributed by atoms with van der Waals surface area (Å²) in [5, 5.41) is 0. The van der Waals surface area contributed by atoms with Gasteiger partial charge < -0.3 is 42.2 Å². The van der Waals surface area contributed by atoms with Crippen LogP contribution in [0.2, 0.25) is 0 Å². The topological polar surface area (TPSA) is 190 Å². The molecule has 0 aliphatic heterocycles. The van der Waals surface area contributed by atoms with Crippen LogP contribution in [-0.2, 0) is 99.9 Å². The average molecular weight is 522 g/mol. The first-order chi connectivity index (χ1) is 5.20. The number of hydrogen-bond acceptors (Lipinski definition) is 9. The van der Waals surface area contributed by atoms with Crippen LogP contribution in [0.3, 0.4) is 0 Å². The van der Waals surface area contributed by atoms with Gasteiger partial charge in [-0.05, 0) is 0 Å². The summed E-state index contributed by atoms with van der Waals surface area (Å²) in [6.45, 7) is 0. The molecule has 0 saturated carbocycles. The molecule has 2 radical (unpaired) electrons. The van der Waals surface area contributed by atoms with Gasteiger partial charge in [0.15, 0.2) is 0 Å². The summed E-state index contributed by atoms with van der Waals surface area (Å²) in [6.07, 6.45) is 0. The zero-order chi connectivity index (χ0) is 10.7. The summed E-state index contributed by atoms with van der Waals surface area (Å²) in [5.41, 5.74) is 0. The van der Waals surface area contributed by atoms with Gasteiger partial charge in [0.1, 0.15) is 0 Å². The van der Waals surface area contributed by atoms with Crippen molar-refractivity contribution in [3.8, 4) is 0 Å². The molecule has 0 amide bonds. The largest absolute Gasteiger partial charge is 3.00 e. The van der Waals surface area contributed by atoms with Crippen molar-refractivity contribution in [2.45, 2.75) is 0 Å². The first-order valence-corrected chi connectivity index (χ1v) is 5.51. The normalized spacial score (nSPS) is 4.50. The zero-order valence-electron chi connectivity index (χ0n) is 6.88. The zero-order valence-corrected chi connectivity index (χ0v) is 17.0. The van der Waals surface area contributed by atoms with E-state index in [1.165, 1.54) is 0 Å². The third kappa shape index (κ3) is 1230. The van der Waals surface area contributed by atoms with Gasteiger partial charge in [-0.2, -0.15) is 0 Å². The van der Waals surface area contributed by atoms with Crippen molar-refractivity contribution >= 4 is 27.5 Å². The van der Waals surface area contributed by atoms with Crippen molar-refractivity contribution in [3.05, 3.63) is 0 Å². The Morgan fingerprint density at radius 2 is 0.500 bits per heavy atom. The molecule has 0 fully saturated rings. The first kappa shape index (κ1) is 43.1. The summed E-state index contributed by atoms with van der Waals surface area (Å²) < 4.78 is 25.6. The van der Waals surface area contributed by atoms with E-state index in [0.29, 0.717) is 0 Å². The van der Waals surface area contributed by atoms with Gasteiger partial charge in [0.05, 0.1) is 0 Å². The molecule has 0 saturated heterocycles. The molecule has 90 valence electrons. The minimum atomic E-state index is -3.63. The van der Waals surface area contributed by atoms with Gasteiger partial charge in [0, 0.05) is 79.9 Å². The third-order valence-corrected chi connectivity index (χ3v) is 0. The number of hydrogen-bond donors (Lipinski definition) is 0. The average Bonchev–Trinajstić information content (AvgIpc) is 1.54. The van der Waals surface area contributed by atoms with E-state index in [1.54, 1.807) is 0 Å². The summed E-state index contributed by atoms with van der Waals surface area (Å²) >= 11 is 0. The van der Waals surface area contributed by atoms with E-state index in [1.807, 2.05) is 0 Å². The maximum absolute atomic E-state index is 8.52. The Labute approximate surface area is 154 Å². The Bertz CT molecular complexity index is 124. The van der Waals surface area contributed by atoms with Gasteiger partial charge in [0.2, 0.25) is 0 Å². The molecule has 0 unspecified atom stereocenters. The fraction of sp³-hybridized carbons (Fsp3) is 0. The van der Waals surface area contributed by atoms with Crippen molar-refractivity contribution < 1.29 is 129 Å². The molecule has 0 aliphatic rings. The van der Waals surface area contributed by atoms with Crippen molar-refractivity contribution in [3.63, 3.8) is 0 Å². The van der Waals surface area contributed by atoms with Gasteiger partial charge in [-0.1, -0.05) is 0 Å². The predicted octanol–water partition coefficient (Wildman–Crippen LogP) is -8.64. The van der Waals surface area contributed by atoms with Crippen molar-refractivity contribution in [2.24, 2.45) is 0 Å². The molecular formula is Fe2O9Si3Zr2. The smallest absolute Gasteiger partial charge is 0.672 e. The molecule has 0 aliphatic carbocycles. The SMILES string of the molecule is O=[Si]([O-])[O-].O=[Si]([O-])[O-].O=[Si]([O-])[O-].[Fe+3].[Fe+3].[Zr].[Zr]. The van der Waals surface area contributed by atoms with E-state index in [-0.39, 0.29) is 86.5 Å². The van der Waals surface area contributed by atoms with E-state index in [9.17, 15) is 0 Å². The molecule has 0 aromatic carbocycles. The van der Waals surface area contributed by atoms with E-state index < -0.39 is 27.5 Å². The second-order valence-electron chi connectivity index (χ2n) is 0.750. The molecule has 0 N–H and O–H groups in total. The van der Waals surface area contributed by atoms with Gasteiger partial charge >= 0.3 is 34.1 Å². The van der Waals surface area contributed by atoms with Crippen molar-refractivity contribution in [2.75, 3.05) is 0 Å². The summed E-state index contributed by atoms with van der Waals surface area (Å²) in [7, 11) is -10.9. The van der Waals surface area contributed by atoms with E-state index in [2.05, 4.69) is 0 Å². The molecule has 16 heteroatoms. The van der Waals surface area contributed by atoms with E-state index in [0.717, 1.165) is 0 Å². The van der Waals surface area contributed by atoms with Gasteiger partial charge in [-0.3, -0.25) is 0 Å². The Morgan fingerprint density at radius 1 is 0.500 bits per heavy atom. The van der Waals surface area contributed by atoms with Gasteiger partial charge in [-0.15, -0.1) is 0 Å².